The second-order valence-electron chi connectivity index (χ2n) is 5.05. The highest BCUT2D eigenvalue weighted by molar-refractivity contribution is 7.90. The predicted molar refractivity (Wildman–Crippen MR) is 89.9 cm³/mol. The van der Waals surface area contributed by atoms with Gasteiger partial charge in [0.05, 0.1) is 4.90 Å². The smallest absolute Gasteiger partial charge is 0.263 e. The minimum Gasteiger partial charge on any atom is -0.298 e. The monoisotopic (exact) mass is 330 g/mol. The van der Waals surface area contributed by atoms with Crippen molar-refractivity contribution in [3.63, 3.8) is 0 Å². The van der Waals surface area contributed by atoms with E-state index in [1.54, 1.807) is 49.4 Å². The van der Waals surface area contributed by atoms with E-state index in [1.165, 1.54) is 19.1 Å². The number of carbonyl (C=O) groups excluding carboxylic acids is 1. The van der Waals surface area contributed by atoms with E-state index >= 15 is 0 Å². The highest BCUT2D eigenvalue weighted by Gasteiger charge is 2.18. The Balaban J connectivity index is 2.41. The van der Waals surface area contributed by atoms with Crippen LogP contribution in [0.1, 0.15) is 19.4 Å². The molecule has 0 fully saturated rings. The van der Waals surface area contributed by atoms with Crippen LogP contribution in [0.2, 0.25) is 0 Å². The summed E-state index contributed by atoms with van der Waals surface area (Å²) in [4.78, 5) is 15.8. The number of amidine groups is 1. The lowest BCUT2D eigenvalue weighted by Gasteiger charge is -2.13. The summed E-state index contributed by atoms with van der Waals surface area (Å²) in [7, 11) is -3.77. The van der Waals surface area contributed by atoms with Crippen LogP contribution in [0, 0.1) is 0 Å². The van der Waals surface area contributed by atoms with Gasteiger partial charge < -0.3 is 0 Å². The fraction of sp³-hybridized carbons (Fsp3) is 0.176. The molecule has 2 aromatic carbocycles. The molecule has 1 atom stereocenters. The Hall–Kier alpha value is -2.47. The highest BCUT2D eigenvalue weighted by Crippen LogP contribution is 2.10. The number of sulfonamides is 1. The van der Waals surface area contributed by atoms with Crippen LogP contribution >= 0.6 is 0 Å². The molecule has 0 spiro atoms. The Morgan fingerprint density at radius 2 is 1.52 bits per heavy atom. The molecule has 0 aliphatic carbocycles. The lowest BCUT2D eigenvalue weighted by Crippen LogP contribution is -2.33. The van der Waals surface area contributed by atoms with Crippen LogP contribution in [-0.2, 0) is 14.8 Å². The molecule has 0 saturated heterocycles. The van der Waals surface area contributed by atoms with Crippen molar-refractivity contribution in [1.29, 1.82) is 0 Å². The van der Waals surface area contributed by atoms with Gasteiger partial charge in [-0.15, -0.1) is 0 Å². The third kappa shape index (κ3) is 4.50. The van der Waals surface area contributed by atoms with E-state index < -0.39 is 16.1 Å². The summed E-state index contributed by atoms with van der Waals surface area (Å²) < 4.78 is 27.5. The van der Waals surface area contributed by atoms with Gasteiger partial charge in [0.15, 0.2) is 5.78 Å². The molecule has 0 heterocycles. The molecule has 0 saturated carbocycles. The van der Waals surface area contributed by atoms with E-state index in [-0.39, 0.29) is 16.5 Å². The minimum absolute atomic E-state index is 0.138. The number of Topliss-reactive ketones (excluding diaryl/α,β-unsaturated/α-hetero) is 1. The Morgan fingerprint density at radius 3 is 2.04 bits per heavy atom. The van der Waals surface area contributed by atoms with Gasteiger partial charge in [-0.05, 0) is 26.0 Å². The van der Waals surface area contributed by atoms with Crippen LogP contribution in [0.5, 0.6) is 0 Å². The van der Waals surface area contributed by atoms with Crippen molar-refractivity contribution < 1.29 is 13.2 Å². The lowest BCUT2D eigenvalue weighted by atomic mass is 10.2. The maximum absolute atomic E-state index is 12.5. The van der Waals surface area contributed by atoms with Gasteiger partial charge in [-0.25, -0.2) is 8.42 Å². The zero-order chi connectivity index (χ0) is 16.9. The van der Waals surface area contributed by atoms with Crippen molar-refractivity contribution in [3.8, 4) is 0 Å². The Bertz CT molecular complexity index is 800. The molecular formula is C17H18N2O3S. The third-order valence-electron chi connectivity index (χ3n) is 3.24. The number of nitrogens with zero attached hydrogens (tertiary/aromatic N) is 1. The van der Waals surface area contributed by atoms with Crippen molar-refractivity contribution in [3.05, 3.63) is 66.2 Å². The van der Waals surface area contributed by atoms with Gasteiger partial charge in [0.1, 0.15) is 11.9 Å². The Kier molecular flexibility index (Phi) is 5.28. The van der Waals surface area contributed by atoms with Crippen molar-refractivity contribution in [2.24, 2.45) is 4.99 Å². The zero-order valence-corrected chi connectivity index (χ0v) is 13.7. The molecule has 23 heavy (non-hydrogen) atoms. The average Bonchev–Trinajstić information content (AvgIpc) is 2.55. The van der Waals surface area contributed by atoms with Crippen molar-refractivity contribution in [2.75, 3.05) is 0 Å². The molecule has 0 aliphatic heterocycles. The fourth-order valence-electron chi connectivity index (χ4n) is 1.83. The number of hydrogen-bond acceptors (Lipinski definition) is 4. The summed E-state index contributed by atoms with van der Waals surface area (Å²) in [5.74, 6) is 0.00879. The maximum Gasteiger partial charge on any atom is 0.263 e. The van der Waals surface area contributed by atoms with Crippen LogP contribution in [0.3, 0.4) is 0 Å². The lowest BCUT2D eigenvalue weighted by molar-refractivity contribution is -0.117. The first kappa shape index (κ1) is 16.9. The normalized spacial score (nSPS) is 13.4. The van der Waals surface area contributed by atoms with Gasteiger partial charge in [0, 0.05) is 5.56 Å². The molecule has 0 aromatic heterocycles. The molecule has 0 radical (unpaired) electrons. The first-order valence-electron chi connectivity index (χ1n) is 7.11. The van der Waals surface area contributed by atoms with Crippen molar-refractivity contribution in [2.45, 2.75) is 24.8 Å². The molecule has 120 valence electrons. The second-order valence-corrected chi connectivity index (χ2v) is 6.73. The first-order chi connectivity index (χ1) is 10.9. The molecule has 1 N–H and O–H groups in total. The molecule has 2 rings (SSSR count). The van der Waals surface area contributed by atoms with Crippen molar-refractivity contribution in [1.82, 2.24) is 4.72 Å². The standard InChI is InChI=1S/C17H18N2O3S/c1-13(14(2)20)18-17(15-9-5-3-6-10-15)19-23(21,22)16-11-7-4-8-12-16/h3-13H,1-2H3,(H,18,19)/t13-/m0/s1. The van der Waals surface area contributed by atoms with E-state index in [4.69, 9.17) is 0 Å². The van der Waals surface area contributed by atoms with E-state index in [0.717, 1.165) is 0 Å². The summed E-state index contributed by atoms with van der Waals surface area (Å²) in [5, 5.41) is 0. The van der Waals surface area contributed by atoms with Crippen LogP contribution in [-0.4, -0.2) is 26.1 Å². The number of rotatable bonds is 5. The summed E-state index contributed by atoms with van der Waals surface area (Å²) in [6, 6.07) is 16.2. The average molecular weight is 330 g/mol. The van der Waals surface area contributed by atoms with E-state index in [1.807, 2.05) is 6.07 Å². The molecular weight excluding hydrogens is 312 g/mol. The van der Waals surface area contributed by atoms with Crippen LogP contribution < -0.4 is 4.72 Å². The summed E-state index contributed by atoms with van der Waals surface area (Å²) >= 11 is 0. The van der Waals surface area contributed by atoms with Gasteiger partial charge in [-0.1, -0.05) is 48.5 Å². The Morgan fingerprint density at radius 1 is 1.00 bits per heavy atom. The molecule has 0 unspecified atom stereocenters. The highest BCUT2D eigenvalue weighted by atomic mass is 32.2. The molecule has 0 aliphatic rings. The fourth-order valence-corrected chi connectivity index (χ4v) is 2.88. The topological polar surface area (TPSA) is 75.6 Å². The molecule has 6 heteroatoms. The van der Waals surface area contributed by atoms with Gasteiger partial charge in [0.2, 0.25) is 0 Å². The first-order valence-corrected chi connectivity index (χ1v) is 8.60. The Labute approximate surface area is 136 Å². The predicted octanol–water partition coefficient (Wildman–Crippen LogP) is 2.39. The van der Waals surface area contributed by atoms with Crippen LogP contribution in [0.25, 0.3) is 0 Å². The number of hydrogen-bond donors (Lipinski definition) is 1. The quantitative estimate of drug-likeness (QED) is 0.675. The largest absolute Gasteiger partial charge is 0.298 e. The number of carbonyl (C=O) groups is 1. The number of aliphatic imine (C=N–C) groups is 1. The van der Waals surface area contributed by atoms with Gasteiger partial charge in [-0.3, -0.25) is 14.5 Å². The summed E-state index contributed by atoms with van der Waals surface area (Å²) in [5.41, 5.74) is 0.597. The maximum atomic E-state index is 12.5. The van der Waals surface area contributed by atoms with Crippen LogP contribution in [0.4, 0.5) is 0 Å². The van der Waals surface area contributed by atoms with Gasteiger partial charge in [-0.2, -0.15) is 0 Å². The summed E-state index contributed by atoms with van der Waals surface area (Å²) in [6.45, 7) is 3.05. The minimum atomic E-state index is -3.77. The van der Waals surface area contributed by atoms with E-state index in [0.29, 0.717) is 5.56 Å². The van der Waals surface area contributed by atoms with Crippen molar-refractivity contribution >= 4 is 21.6 Å². The molecule has 5 nitrogen and oxygen atoms in total. The number of nitrogens with one attached hydrogen (secondary N) is 1. The van der Waals surface area contributed by atoms with Gasteiger partial charge >= 0.3 is 0 Å². The zero-order valence-electron chi connectivity index (χ0n) is 12.9. The SMILES string of the molecule is CC(=O)[C@H](C)N=C(NS(=O)(=O)c1ccccc1)c1ccccc1. The van der Waals surface area contributed by atoms with Gasteiger partial charge in [0.25, 0.3) is 10.0 Å². The summed E-state index contributed by atoms with van der Waals surface area (Å²) in [6.07, 6.45) is 0. The molecule has 0 bridgehead atoms. The molecule has 0 amide bonds. The second kappa shape index (κ2) is 7.19. The number of benzene rings is 2. The van der Waals surface area contributed by atoms with E-state index in [2.05, 4.69) is 9.71 Å². The van der Waals surface area contributed by atoms with E-state index in [9.17, 15) is 13.2 Å². The molecule has 2 aromatic rings. The third-order valence-corrected chi connectivity index (χ3v) is 4.60. The van der Waals surface area contributed by atoms with Crippen LogP contribution in [0.15, 0.2) is 70.6 Å². The number of ketones is 1.